The number of anilines is 1. The van der Waals surface area contributed by atoms with Gasteiger partial charge in [-0.15, -0.1) is 0 Å². The van der Waals surface area contributed by atoms with E-state index in [1.165, 1.54) is 6.07 Å². The summed E-state index contributed by atoms with van der Waals surface area (Å²) >= 11 is 11.6. The monoisotopic (exact) mass is 303 g/mol. The van der Waals surface area contributed by atoms with Gasteiger partial charge in [0.2, 0.25) is 5.91 Å². The SMILES string of the molecule is CC(C)[C@@H](NC(N)=O)C(=O)Nc1ccc(Cl)c(Cl)c1. The topological polar surface area (TPSA) is 84.2 Å². The number of hydrogen-bond donors (Lipinski definition) is 3. The lowest BCUT2D eigenvalue weighted by molar-refractivity contribution is -0.118. The van der Waals surface area contributed by atoms with E-state index in [0.717, 1.165) is 0 Å². The number of carbonyl (C=O) groups is 2. The normalized spacial score (nSPS) is 12.1. The number of rotatable bonds is 4. The molecule has 1 aromatic carbocycles. The van der Waals surface area contributed by atoms with Crippen LogP contribution in [0.5, 0.6) is 0 Å². The van der Waals surface area contributed by atoms with E-state index in [1.54, 1.807) is 26.0 Å². The first-order valence-electron chi connectivity index (χ1n) is 5.63. The van der Waals surface area contributed by atoms with Crippen molar-refractivity contribution in [2.45, 2.75) is 19.9 Å². The van der Waals surface area contributed by atoms with Crippen LogP contribution in [0.2, 0.25) is 10.0 Å². The fourth-order valence-electron chi connectivity index (χ4n) is 1.48. The number of halogens is 2. The maximum absolute atomic E-state index is 12.0. The molecular formula is C12H15Cl2N3O2. The van der Waals surface area contributed by atoms with E-state index >= 15 is 0 Å². The Balaban J connectivity index is 2.81. The van der Waals surface area contributed by atoms with Gasteiger partial charge in [0, 0.05) is 5.69 Å². The van der Waals surface area contributed by atoms with Crippen LogP contribution in [0, 0.1) is 5.92 Å². The van der Waals surface area contributed by atoms with Gasteiger partial charge < -0.3 is 16.4 Å². The van der Waals surface area contributed by atoms with E-state index in [2.05, 4.69) is 10.6 Å². The molecular weight excluding hydrogens is 289 g/mol. The molecule has 19 heavy (non-hydrogen) atoms. The van der Waals surface area contributed by atoms with E-state index < -0.39 is 12.1 Å². The Kier molecular flexibility index (Phi) is 5.44. The molecule has 3 amide bonds. The van der Waals surface area contributed by atoms with Gasteiger partial charge in [0.1, 0.15) is 6.04 Å². The van der Waals surface area contributed by atoms with Crippen molar-refractivity contribution in [2.75, 3.05) is 5.32 Å². The number of urea groups is 1. The van der Waals surface area contributed by atoms with Crippen molar-refractivity contribution in [1.29, 1.82) is 0 Å². The van der Waals surface area contributed by atoms with Crippen LogP contribution in [0.15, 0.2) is 18.2 Å². The molecule has 0 aliphatic rings. The van der Waals surface area contributed by atoms with Gasteiger partial charge in [-0.2, -0.15) is 0 Å². The third-order valence-electron chi connectivity index (χ3n) is 2.43. The molecule has 0 bridgehead atoms. The zero-order valence-electron chi connectivity index (χ0n) is 10.5. The zero-order chi connectivity index (χ0) is 14.6. The highest BCUT2D eigenvalue weighted by atomic mass is 35.5. The van der Waals surface area contributed by atoms with Crippen LogP contribution in [0.1, 0.15) is 13.8 Å². The average molecular weight is 304 g/mol. The average Bonchev–Trinajstić information content (AvgIpc) is 2.30. The third kappa shape index (κ3) is 4.61. The van der Waals surface area contributed by atoms with Crippen LogP contribution in [-0.4, -0.2) is 18.0 Å². The maximum atomic E-state index is 12.0. The summed E-state index contributed by atoms with van der Waals surface area (Å²) in [5.74, 6) is -0.470. The minimum atomic E-state index is -0.747. The van der Waals surface area contributed by atoms with Gasteiger partial charge in [-0.1, -0.05) is 37.0 Å². The van der Waals surface area contributed by atoms with Crippen molar-refractivity contribution in [3.05, 3.63) is 28.2 Å². The number of amides is 3. The Morgan fingerprint density at radius 3 is 2.32 bits per heavy atom. The summed E-state index contributed by atoms with van der Waals surface area (Å²) in [5.41, 5.74) is 5.53. The molecule has 0 spiro atoms. The second-order valence-electron chi connectivity index (χ2n) is 4.35. The Bertz CT molecular complexity index is 492. The Morgan fingerprint density at radius 2 is 1.84 bits per heavy atom. The summed E-state index contributed by atoms with van der Waals surface area (Å²) in [6, 6.07) is 3.26. The van der Waals surface area contributed by atoms with Crippen molar-refractivity contribution in [2.24, 2.45) is 11.7 Å². The van der Waals surface area contributed by atoms with Crippen LogP contribution in [0.25, 0.3) is 0 Å². The highest BCUT2D eigenvalue weighted by Gasteiger charge is 2.23. The fraction of sp³-hybridized carbons (Fsp3) is 0.333. The molecule has 1 aromatic rings. The molecule has 1 rings (SSSR count). The van der Waals surface area contributed by atoms with Crippen LogP contribution in [0.4, 0.5) is 10.5 Å². The first kappa shape index (κ1) is 15.6. The van der Waals surface area contributed by atoms with E-state index in [9.17, 15) is 9.59 Å². The Labute approximate surface area is 121 Å². The number of carbonyl (C=O) groups excluding carboxylic acids is 2. The van der Waals surface area contributed by atoms with Crippen LogP contribution < -0.4 is 16.4 Å². The van der Waals surface area contributed by atoms with Crippen molar-refractivity contribution in [3.63, 3.8) is 0 Å². The number of primary amides is 1. The van der Waals surface area contributed by atoms with Gasteiger partial charge in [-0.25, -0.2) is 4.79 Å². The molecule has 0 saturated carbocycles. The molecule has 1 atom stereocenters. The molecule has 5 nitrogen and oxygen atoms in total. The lowest BCUT2D eigenvalue weighted by Gasteiger charge is -2.20. The Morgan fingerprint density at radius 1 is 1.21 bits per heavy atom. The van der Waals surface area contributed by atoms with E-state index in [1.807, 2.05) is 0 Å². The number of benzene rings is 1. The van der Waals surface area contributed by atoms with Crippen molar-refractivity contribution >= 4 is 40.8 Å². The second-order valence-corrected chi connectivity index (χ2v) is 5.16. The predicted molar refractivity (Wildman–Crippen MR) is 76.4 cm³/mol. The molecule has 0 heterocycles. The molecule has 0 radical (unpaired) electrons. The molecule has 0 aromatic heterocycles. The lowest BCUT2D eigenvalue weighted by Crippen LogP contribution is -2.49. The molecule has 0 aliphatic carbocycles. The highest BCUT2D eigenvalue weighted by Crippen LogP contribution is 2.25. The summed E-state index contributed by atoms with van der Waals surface area (Å²) in [6.07, 6.45) is 0. The molecule has 7 heteroatoms. The second kappa shape index (κ2) is 6.63. The van der Waals surface area contributed by atoms with Crippen molar-refractivity contribution in [1.82, 2.24) is 5.32 Å². The van der Waals surface area contributed by atoms with Crippen LogP contribution >= 0.6 is 23.2 Å². The molecule has 0 unspecified atom stereocenters. The van der Waals surface area contributed by atoms with Crippen molar-refractivity contribution in [3.8, 4) is 0 Å². The van der Waals surface area contributed by atoms with Gasteiger partial charge >= 0.3 is 6.03 Å². The molecule has 0 fully saturated rings. The largest absolute Gasteiger partial charge is 0.352 e. The summed E-state index contributed by atoms with van der Waals surface area (Å²) < 4.78 is 0. The van der Waals surface area contributed by atoms with Gasteiger partial charge in [-0.05, 0) is 24.1 Å². The minimum absolute atomic E-state index is 0.102. The van der Waals surface area contributed by atoms with Crippen LogP contribution in [0.3, 0.4) is 0 Å². The third-order valence-corrected chi connectivity index (χ3v) is 3.17. The molecule has 4 N–H and O–H groups in total. The zero-order valence-corrected chi connectivity index (χ0v) is 12.0. The summed E-state index contributed by atoms with van der Waals surface area (Å²) in [7, 11) is 0. The summed E-state index contributed by atoms with van der Waals surface area (Å²) in [4.78, 5) is 22.9. The standard InChI is InChI=1S/C12H15Cl2N3O2/c1-6(2)10(17-12(15)19)11(18)16-7-3-4-8(13)9(14)5-7/h3-6,10H,1-2H3,(H,16,18)(H3,15,17,19)/t10-/m1/s1. The molecule has 0 saturated heterocycles. The molecule has 0 aliphatic heterocycles. The lowest BCUT2D eigenvalue weighted by atomic mass is 10.0. The Hall–Kier alpha value is -1.46. The predicted octanol–water partition coefficient (Wildman–Crippen LogP) is 2.62. The first-order chi connectivity index (χ1) is 8.81. The van der Waals surface area contributed by atoms with Crippen molar-refractivity contribution < 1.29 is 9.59 Å². The maximum Gasteiger partial charge on any atom is 0.312 e. The summed E-state index contributed by atoms with van der Waals surface area (Å²) in [6.45, 7) is 3.60. The van der Waals surface area contributed by atoms with Crippen LogP contribution in [-0.2, 0) is 4.79 Å². The first-order valence-corrected chi connectivity index (χ1v) is 6.38. The minimum Gasteiger partial charge on any atom is -0.352 e. The number of nitrogens with one attached hydrogen (secondary N) is 2. The van der Waals surface area contributed by atoms with E-state index in [0.29, 0.717) is 15.7 Å². The summed E-state index contributed by atoms with van der Waals surface area (Å²) in [5, 5.41) is 5.77. The fourth-order valence-corrected chi connectivity index (χ4v) is 1.78. The van der Waals surface area contributed by atoms with Gasteiger partial charge in [0.25, 0.3) is 0 Å². The van der Waals surface area contributed by atoms with E-state index in [-0.39, 0.29) is 11.8 Å². The van der Waals surface area contributed by atoms with Gasteiger partial charge in [0.05, 0.1) is 10.0 Å². The van der Waals surface area contributed by atoms with Gasteiger partial charge in [-0.3, -0.25) is 4.79 Å². The number of nitrogens with two attached hydrogens (primary N) is 1. The highest BCUT2D eigenvalue weighted by molar-refractivity contribution is 6.42. The quantitative estimate of drug-likeness (QED) is 0.799. The smallest absolute Gasteiger partial charge is 0.312 e. The van der Waals surface area contributed by atoms with E-state index in [4.69, 9.17) is 28.9 Å². The number of hydrogen-bond acceptors (Lipinski definition) is 2. The molecule has 104 valence electrons. The van der Waals surface area contributed by atoms with Gasteiger partial charge in [0.15, 0.2) is 0 Å².